The first kappa shape index (κ1) is 9.55. The van der Waals surface area contributed by atoms with Crippen LogP contribution in [0.4, 0.5) is 5.69 Å². The van der Waals surface area contributed by atoms with Crippen molar-refractivity contribution in [3.63, 3.8) is 0 Å². The van der Waals surface area contributed by atoms with Crippen LogP contribution in [0, 0.1) is 0 Å². The average molecular weight is 230 g/mol. The second-order valence-electron chi connectivity index (χ2n) is 2.44. The number of ether oxygens (including phenoxy) is 1. The van der Waals surface area contributed by atoms with Crippen LogP contribution in [0.3, 0.4) is 0 Å². The maximum absolute atomic E-state index is 5.75. The first-order valence-corrected chi connectivity index (χ1v) is 4.65. The summed E-state index contributed by atoms with van der Waals surface area (Å²) in [5.74, 6) is 0. The topological polar surface area (TPSA) is 35.2 Å². The first-order valence-electron chi connectivity index (χ1n) is 3.86. The Morgan fingerprint density at radius 1 is 1.50 bits per heavy atom. The summed E-state index contributed by atoms with van der Waals surface area (Å²) >= 11 is 3.42. The van der Waals surface area contributed by atoms with Gasteiger partial charge in [0.2, 0.25) is 0 Å². The van der Waals surface area contributed by atoms with E-state index in [1.807, 2.05) is 25.1 Å². The molecule has 1 rings (SSSR count). The number of benzene rings is 1. The second kappa shape index (κ2) is 4.48. The Hall–Kier alpha value is -0.540. The smallest absolute Gasteiger partial charge is 0.0747 e. The fourth-order valence-electron chi connectivity index (χ4n) is 0.932. The quantitative estimate of drug-likeness (QED) is 0.810. The molecule has 0 spiro atoms. The molecule has 0 saturated carbocycles. The van der Waals surface area contributed by atoms with Gasteiger partial charge in [-0.25, -0.2) is 0 Å². The van der Waals surface area contributed by atoms with Crippen molar-refractivity contribution >= 4 is 21.6 Å². The van der Waals surface area contributed by atoms with E-state index in [0.29, 0.717) is 13.2 Å². The number of rotatable bonds is 3. The van der Waals surface area contributed by atoms with Crippen molar-refractivity contribution in [1.82, 2.24) is 0 Å². The standard InChI is InChI=1S/C9H12BrNO/c1-2-12-6-7-8(10)4-3-5-9(7)11/h3-5H,2,6,11H2,1H3. The Balaban J connectivity index is 2.81. The molecule has 0 atom stereocenters. The summed E-state index contributed by atoms with van der Waals surface area (Å²) in [6, 6.07) is 5.75. The Morgan fingerprint density at radius 2 is 2.25 bits per heavy atom. The SMILES string of the molecule is CCOCc1c(N)cccc1Br. The molecule has 2 N–H and O–H groups in total. The van der Waals surface area contributed by atoms with Crippen molar-refractivity contribution in [3.05, 3.63) is 28.2 Å². The summed E-state index contributed by atoms with van der Waals surface area (Å²) in [4.78, 5) is 0. The molecule has 2 nitrogen and oxygen atoms in total. The highest BCUT2D eigenvalue weighted by molar-refractivity contribution is 9.10. The summed E-state index contributed by atoms with van der Waals surface area (Å²) in [7, 11) is 0. The molecule has 0 bridgehead atoms. The van der Waals surface area contributed by atoms with Crippen LogP contribution in [0.5, 0.6) is 0 Å². The van der Waals surface area contributed by atoms with Gasteiger partial charge in [0.15, 0.2) is 0 Å². The van der Waals surface area contributed by atoms with Gasteiger partial charge in [0.1, 0.15) is 0 Å². The van der Waals surface area contributed by atoms with Crippen molar-refractivity contribution in [2.24, 2.45) is 0 Å². The van der Waals surface area contributed by atoms with E-state index >= 15 is 0 Å². The van der Waals surface area contributed by atoms with Crippen LogP contribution < -0.4 is 5.73 Å². The average Bonchev–Trinajstić information content (AvgIpc) is 2.04. The van der Waals surface area contributed by atoms with Crippen LogP contribution in [0.2, 0.25) is 0 Å². The molecular formula is C9H12BrNO. The lowest BCUT2D eigenvalue weighted by Crippen LogP contribution is -1.98. The minimum atomic E-state index is 0.573. The van der Waals surface area contributed by atoms with E-state index in [1.54, 1.807) is 0 Å². The minimum Gasteiger partial charge on any atom is -0.398 e. The lowest BCUT2D eigenvalue weighted by Gasteiger charge is -2.07. The zero-order chi connectivity index (χ0) is 8.97. The summed E-state index contributed by atoms with van der Waals surface area (Å²) in [5, 5.41) is 0. The molecule has 1 aromatic rings. The van der Waals surface area contributed by atoms with Crippen LogP contribution in [0.15, 0.2) is 22.7 Å². The van der Waals surface area contributed by atoms with Crippen molar-refractivity contribution < 1.29 is 4.74 Å². The van der Waals surface area contributed by atoms with Crippen molar-refractivity contribution in [3.8, 4) is 0 Å². The van der Waals surface area contributed by atoms with Gasteiger partial charge >= 0.3 is 0 Å². The molecule has 0 heterocycles. The van der Waals surface area contributed by atoms with Crippen molar-refractivity contribution in [2.75, 3.05) is 12.3 Å². The molecule has 12 heavy (non-hydrogen) atoms. The zero-order valence-corrected chi connectivity index (χ0v) is 8.60. The number of halogens is 1. The molecule has 0 unspecified atom stereocenters. The van der Waals surface area contributed by atoms with Crippen LogP contribution in [0.1, 0.15) is 12.5 Å². The van der Waals surface area contributed by atoms with E-state index in [-0.39, 0.29) is 0 Å². The molecule has 66 valence electrons. The summed E-state index contributed by atoms with van der Waals surface area (Å²) in [6.45, 7) is 3.25. The molecule has 0 aromatic heterocycles. The number of nitrogens with two attached hydrogens (primary N) is 1. The van der Waals surface area contributed by atoms with E-state index in [4.69, 9.17) is 10.5 Å². The van der Waals surface area contributed by atoms with Gasteiger partial charge in [-0.2, -0.15) is 0 Å². The summed E-state index contributed by atoms with van der Waals surface area (Å²) in [6.07, 6.45) is 0. The largest absolute Gasteiger partial charge is 0.398 e. The molecule has 0 aliphatic rings. The van der Waals surface area contributed by atoms with Gasteiger partial charge in [0.25, 0.3) is 0 Å². The third kappa shape index (κ3) is 2.22. The monoisotopic (exact) mass is 229 g/mol. The van der Waals surface area contributed by atoms with Gasteiger partial charge in [-0.15, -0.1) is 0 Å². The van der Waals surface area contributed by atoms with E-state index in [9.17, 15) is 0 Å². The van der Waals surface area contributed by atoms with Gasteiger partial charge in [-0.3, -0.25) is 0 Å². The number of hydrogen-bond acceptors (Lipinski definition) is 2. The van der Waals surface area contributed by atoms with E-state index < -0.39 is 0 Å². The predicted octanol–water partition coefficient (Wildman–Crippen LogP) is 2.57. The fourth-order valence-corrected chi connectivity index (χ4v) is 1.43. The van der Waals surface area contributed by atoms with Crippen molar-refractivity contribution in [2.45, 2.75) is 13.5 Å². The highest BCUT2D eigenvalue weighted by Gasteiger charge is 2.02. The third-order valence-corrected chi connectivity index (χ3v) is 2.35. The van der Waals surface area contributed by atoms with Crippen LogP contribution in [0.25, 0.3) is 0 Å². The van der Waals surface area contributed by atoms with Crippen LogP contribution in [-0.4, -0.2) is 6.61 Å². The van der Waals surface area contributed by atoms with E-state index in [0.717, 1.165) is 15.7 Å². The molecule has 0 aliphatic carbocycles. The third-order valence-electron chi connectivity index (χ3n) is 1.61. The summed E-state index contributed by atoms with van der Waals surface area (Å²) < 4.78 is 6.28. The summed E-state index contributed by atoms with van der Waals surface area (Å²) in [5.41, 5.74) is 7.56. The Bertz CT molecular complexity index is 242. The Labute approximate surface area is 80.8 Å². The normalized spacial score (nSPS) is 10.2. The fraction of sp³-hybridized carbons (Fsp3) is 0.333. The molecular weight excluding hydrogens is 218 g/mol. The zero-order valence-electron chi connectivity index (χ0n) is 7.01. The van der Waals surface area contributed by atoms with Gasteiger partial charge in [-0.05, 0) is 19.1 Å². The molecule has 0 saturated heterocycles. The second-order valence-corrected chi connectivity index (χ2v) is 3.30. The highest BCUT2D eigenvalue weighted by Crippen LogP contribution is 2.22. The number of hydrogen-bond donors (Lipinski definition) is 1. The lowest BCUT2D eigenvalue weighted by molar-refractivity contribution is 0.134. The first-order chi connectivity index (χ1) is 5.75. The predicted molar refractivity (Wildman–Crippen MR) is 53.9 cm³/mol. The van der Waals surface area contributed by atoms with E-state index in [2.05, 4.69) is 15.9 Å². The highest BCUT2D eigenvalue weighted by atomic mass is 79.9. The van der Waals surface area contributed by atoms with Crippen molar-refractivity contribution in [1.29, 1.82) is 0 Å². The maximum Gasteiger partial charge on any atom is 0.0747 e. The van der Waals surface area contributed by atoms with Gasteiger partial charge < -0.3 is 10.5 Å². The van der Waals surface area contributed by atoms with Crippen LogP contribution >= 0.6 is 15.9 Å². The molecule has 0 amide bonds. The molecule has 0 radical (unpaired) electrons. The molecule has 1 aromatic carbocycles. The minimum absolute atomic E-state index is 0.573. The van der Waals surface area contributed by atoms with Crippen LogP contribution in [-0.2, 0) is 11.3 Å². The number of nitrogen functional groups attached to an aromatic ring is 1. The molecule has 0 fully saturated rings. The number of anilines is 1. The molecule has 0 aliphatic heterocycles. The van der Waals surface area contributed by atoms with Gasteiger partial charge in [0, 0.05) is 22.3 Å². The maximum atomic E-state index is 5.75. The van der Waals surface area contributed by atoms with Gasteiger partial charge in [0.05, 0.1) is 6.61 Å². The molecule has 3 heteroatoms. The lowest BCUT2D eigenvalue weighted by atomic mass is 10.2. The van der Waals surface area contributed by atoms with E-state index in [1.165, 1.54) is 0 Å². The Morgan fingerprint density at radius 3 is 2.83 bits per heavy atom. The Kier molecular flexibility index (Phi) is 3.56. The van der Waals surface area contributed by atoms with Gasteiger partial charge in [-0.1, -0.05) is 22.0 Å².